The van der Waals surface area contributed by atoms with E-state index in [1.165, 1.54) is 51.5 Å². The highest BCUT2D eigenvalue weighted by molar-refractivity contribution is 9.10. The van der Waals surface area contributed by atoms with Gasteiger partial charge < -0.3 is 0 Å². The largest absolute Gasteiger partial charge is 0.298 e. The van der Waals surface area contributed by atoms with Crippen LogP contribution in [0.4, 0.5) is 0 Å². The second kappa shape index (κ2) is 11.7. The predicted octanol–water partition coefficient (Wildman–Crippen LogP) is 5.77. The molecular weight excluding hydrogens is 544 g/mol. The lowest BCUT2D eigenvalue weighted by molar-refractivity contribution is 0.00552. The molecule has 4 N–H and O–H groups in total. The molecule has 0 aliphatic carbocycles. The third kappa shape index (κ3) is 6.93. The van der Waals surface area contributed by atoms with E-state index in [-0.39, 0.29) is 17.0 Å². The van der Waals surface area contributed by atoms with Crippen molar-refractivity contribution in [3.63, 3.8) is 0 Å². The molecular formula is C29H49BrN6S. The van der Waals surface area contributed by atoms with Crippen LogP contribution in [0.25, 0.3) is 0 Å². The SMILES string of the molecule is CC(C)(C)C1CCC2CNSC3CCCC(N3)N[C@H](c3cccc(Br)n3)CC[C@@H]3CN(C2N1)C(C)(C)C3. The van der Waals surface area contributed by atoms with Crippen LogP contribution < -0.4 is 20.7 Å². The smallest absolute Gasteiger partial charge is 0.106 e. The summed E-state index contributed by atoms with van der Waals surface area (Å²) in [6.07, 6.45) is 10.6. The van der Waals surface area contributed by atoms with Gasteiger partial charge in [-0.1, -0.05) is 38.8 Å². The van der Waals surface area contributed by atoms with E-state index in [1.807, 2.05) is 18.0 Å². The molecule has 6 unspecified atom stereocenters. The van der Waals surface area contributed by atoms with E-state index in [9.17, 15) is 0 Å². The van der Waals surface area contributed by atoms with Crippen LogP contribution in [0.3, 0.4) is 0 Å². The fourth-order valence-corrected chi connectivity index (χ4v) is 8.65. The van der Waals surface area contributed by atoms with Crippen LogP contribution in [-0.4, -0.2) is 52.3 Å². The molecule has 0 spiro atoms. The van der Waals surface area contributed by atoms with Gasteiger partial charge in [0.15, 0.2) is 0 Å². The van der Waals surface area contributed by atoms with Gasteiger partial charge in [0.1, 0.15) is 4.60 Å². The van der Waals surface area contributed by atoms with Crippen LogP contribution in [0.15, 0.2) is 22.8 Å². The van der Waals surface area contributed by atoms with Crippen molar-refractivity contribution in [2.45, 2.75) is 121 Å². The average Bonchev–Trinajstić information content (AvgIpc) is 3.14. The van der Waals surface area contributed by atoms with Crippen LogP contribution in [0.1, 0.15) is 97.7 Å². The van der Waals surface area contributed by atoms with Crippen molar-refractivity contribution in [1.29, 1.82) is 0 Å². The number of fused-ring (bicyclic) bond motifs is 6. The summed E-state index contributed by atoms with van der Waals surface area (Å²) in [6, 6.07) is 7.18. The molecule has 8 atom stereocenters. The summed E-state index contributed by atoms with van der Waals surface area (Å²) in [5.74, 6) is 1.34. The molecule has 1 aromatic heterocycles. The number of hydrogen-bond donors (Lipinski definition) is 4. The minimum Gasteiger partial charge on any atom is -0.298 e. The Morgan fingerprint density at radius 3 is 2.65 bits per heavy atom. The Hall–Kier alpha value is -0.220. The minimum atomic E-state index is 0.208. The summed E-state index contributed by atoms with van der Waals surface area (Å²) in [5, 5.41) is 12.5. The van der Waals surface area contributed by atoms with Crippen LogP contribution in [-0.2, 0) is 0 Å². The number of pyridine rings is 1. The third-order valence-electron chi connectivity index (χ3n) is 9.32. The topological polar surface area (TPSA) is 64.2 Å². The molecule has 4 bridgehead atoms. The van der Waals surface area contributed by atoms with Crippen molar-refractivity contribution < 1.29 is 0 Å². The molecule has 37 heavy (non-hydrogen) atoms. The Morgan fingerprint density at radius 1 is 1.03 bits per heavy atom. The summed E-state index contributed by atoms with van der Waals surface area (Å²) < 4.78 is 4.76. The van der Waals surface area contributed by atoms with Gasteiger partial charge in [-0.05, 0) is 105 Å². The van der Waals surface area contributed by atoms with Crippen LogP contribution in [0.5, 0.6) is 0 Å². The number of piperidine rings is 2. The van der Waals surface area contributed by atoms with Crippen molar-refractivity contribution in [3.05, 3.63) is 28.5 Å². The van der Waals surface area contributed by atoms with Gasteiger partial charge in [0.25, 0.3) is 0 Å². The van der Waals surface area contributed by atoms with Gasteiger partial charge >= 0.3 is 0 Å². The zero-order chi connectivity index (χ0) is 26.2. The second-order valence-electron chi connectivity index (χ2n) is 13.7. The van der Waals surface area contributed by atoms with Crippen molar-refractivity contribution in [3.8, 4) is 0 Å². The summed E-state index contributed by atoms with van der Waals surface area (Å²) in [6.45, 7) is 14.4. The lowest BCUT2D eigenvalue weighted by Gasteiger charge is -2.50. The summed E-state index contributed by atoms with van der Waals surface area (Å²) in [4.78, 5) is 7.73. The second-order valence-corrected chi connectivity index (χ2v) is 15.6. The van der Waals surface area contributed by atoms with E-state index in [0.717, 1.165) is 23.3 Å². The van der Waals surface area contributed by atoms with Crippen molar-refractivity contribution in [1.82, 2.24) is 30.6 Å². The Kier molecular flexibility index (Phi) is 8.97. The highest BCUT2D eigenvalue weighted by Gasteiger charge is 2.47. The molecule has 0 amide bonds. The van der Waals surface area contributed by atoms with E-state index in [4.69, 9.17) is 4.98 Å². The maximum atomic E-state index is 4.88. The van der Waals surface area contributed by atoms with Crippen molar-refractivity contribution in [2.24, 2.45) is 17.3 Å². The van der Waals surface area contributed by atoms with Crippen molar-refractivity contribution >= 4 is 27.9 Å². The standard InChI is InChI=1S/C29H49BrN6S/c1-28(2,3)23-15-13-20-17-31-37-26-11-7-10-25(35-26)33-22(21-8-6-9-24(30)32-21)14-12-19-16-29(4,5)36(18-19)27(20)34-23/h6,8-9,19-20,22-23,25-27,31,33-35H,7,10-18H2,1-5H3/t19-,20?,22-,23?,25?,26?,27?/m0/s1. The number of hydrogen-bond acceptors (Lipinski definition) is 7. The monoisotopic (exact) mass is 592 g/mol. The van der Waals surface area contributed by atoms with Crippen LogP contribution >= 0.6 is 27.9 Å². The maximum absolute atomic E-state index is 4.88. The van der Waals surface area contributed by atoms with Gasteiger partial charge in [-0.3, -0.25) is 25.6 Å². The number of rotatable bonds is 1. The lowest BCUT2D eigenvalue weighted by atomic mass is 9.78. The zero-order valence-electron chi connectivity index (χ0n) is 23.5. The van der Waals surface area contributed by atoms with E-state index < -0.39 is 0 Å². The molecule has 4 fully saturated rings. The molecule has 4 aliphatic rings. The van der Waals surface area contributed by atoms with Gasteiger partial charge in [0.2, 0.25) is 0 Å². The Balaban J connectivity index is 1.40. The maximum Gasteiger partial charge on any atom is 0.106 e. The molecule has 6 nitrogen and oxygen atoms in total. The molecule has 208 valence electrons. The zero-order valence-corrected chi connectivity index (χ0v) is 25.9. The molecule has 4 saturated heterocycles. The Morgan fingerprint density at radius 2 is 1.86 bits per heavy atom. The summed E-state index contributed by atoms with van der Waals surface area (Å²) >= 11 is 5.53. The first kappa shape index (κ1) is 28.3. The minimum absolute atomic E-state index is 0.208. The van der Waals surface area contributed by atoms with Gasteiger partial charge in [-0.15, -0.1) is 0 Å². The summed E-state index contributed by atoms with van der Waals surface area (Å²) in [5.41, 5.74) is 1.65. The fourth-order valence-electron chi connectivity index (χ4n) is 7.26. The molecule has 0 aromatic carbocycles. The quantitative estimate of drug-likeness (QED) is 0.244. The van der Waals surface area contributed by atoms with E-state index in [0.29, 0.717) is 35.6 Å². The van der Waals surface area contributed by atoms with E-state index in [2.05, 4.69) is 88.3 Å². The van der Waals surface area contributed by atoms with Crippen LogP contribution in [0.2, 0.25) is 0 Å². The molecule has 1 aromatic rings. The van der Waals surface area contributed by atoms with Gasteiger partial charge in [0, 0.05) is 30.6 Å². The number of nitrogens with zero attached hydrogens (tertiary/aromatic N) is 2. The number of nitrogens with one attached hydrogen (secondary N) is 4. The van der Waals surface area contributed by atoms with Gasteiger partial charge in [-0.2, -0.15) is 0 Å². The fraction of sp³-hybridized carbons (Fsp3) is 0.828. The summed E-state index contributed by atoms with van der Waals surface area (Å²) in [7, 11) is 0. The molecule has 5 heterocycles. The van der Waals surface area contributed by atoms with Gasteiger partial charge in [0.05, 0.1) is 29.4 Å². The van der Waals surface area contributed by atoms with Crippen LogP contribution in [0, 0.1) is 17.3 Å². The average molecular weight is 594 g/mol. The molecule has 8 heteroatoms. The lowest BCUT2D eigenvalue weighted by Crippen LogP contribution is -2.63. The normalized spacial score (nSPS) is 39.3. The first-order valence-electron chi connectivity index (χ1n) is 14.6. The first-order valence-corrected chi connectivity index (χ1v) is 16.3. The highest BCUT2D eigenvalue weighted by atomic mass is 79.9. The molecule has 0 radical (unpaired) electrons. The first-order chi connectivity index (χ1) is 17.6. The van der Waals surface area contributed by atoms with Gasteiger partial charge in [-0.25, -0.2) is 4.98 Å². The Labute approximate surface area is 237 Å². The molecule has 5 rings (SSSR count). The Bertz CT molecular complexity index is 907. The molecule has 0 saturated carbocycles. The number of aromatic nitrogens is 1. The highest BCUT2D eigenvalue weighted by Crippen LogP contribution is 2.42. The van der Waals surface area contributed by atoms with E-state index in [1.54, 1.807) is 0 Å². The van der Waals surface area contributed by atoms with E-state index >= 15 is 0 Å². The van der Waals surface area contributed by atoms with Crippen molar-refractivity contribution in [2.75, 3.05) is 13.1 Å². The predicted molar refractivity (Wildman–Crippen MR) is 159 cm³/mol. The molecule has 4 aliphatic heterocycles. The number of halogens is 1. The third-order valence-corrected chi connectivity index (χ3v) is 10.8.